The number of nitro groups is 1. The monoisotopic (exact) mass is 305 g/mol. The Balaban J connectivity index is 2.25. The molecule has 0 bridgehead atoms. The second kappa shape index (κ2) is 6.36. The number of nitro benzene ring substituents is 1. The molecular weight excluding hydrogens is 290 g/mol. The first-order chi connectivity index (χ1) is 9.99. The second-order valence-corrected chi connectivity index (χ2v) is 5.45. The second-order valence-electron chi connectivity index (χ2n) is 4.67. The molecule has 2 aromatic rings. The van der Waals surface area contributed by atoms with Gasteiger partial charge >= 0.3 is 0 Å². The van der Waals surface area contributed by atoms with E-state index in [9.17, 15) is 14.9 Å². The molecule has 1 heterocycles. The van der Waals surface area contributed by atoms with Gasteiger partial charge in [-0.3, -0.25) is 14.9 Å². The summed E-state index contributed by atoms with van der Waals surface area (Å²) in [5, 5.41) is 18.1. The largest absolute Gasteiger partial charge is 0.375 e. The van der Waals surface area contributed by atoms with Crippen molar-refractivity contribution in [1.82, 2.24) is 4.90 Å². The van der Waals surface area contributed by atoms with Gasteiger partial charge in [0, 0.05) is 32.3 Å². The van der Waals surface area contributed by atoms with Crippen molar-refractivity contribution in [3.8, 4) is 0 Å². The predicted octanol–water partition coefficient (Wildman–Crippen LogP) is 2.97. The predicted molar refractivity (Wildman–Crippen MR) is 82.8 cm³/mol. The zero-order chi connectivity index (χ0) is 15.4. The van der Waals surface area contributed by atoms with E-state index in [1.54, 1.807) is 37.6 Å². The van der Waals surface area contributed by atoms with Gasteiger partial charge in [0.15, 0.2) is 0 Å². The number of amides is 1. The number of anilines is 1. The maximum Gasteiger partial charge on any atom is 0.293 e. The van der Waals surface area contributed by atoms with Crippen molar-refractivity contribution >= 4 is 28.6 Å². The van der Waals surface area contributed by atoms with Gasteiger partial charge in [0.2, 0.25) is 0 Å². The van der Waals surface area contributed by atoms with E-state index >= 15 is 0 Å². The van der Waals surface area contributed by atoms with Crippen molar-refractivity contribution in [2.24, 2.45) is 0 Å². The third-order valence-corrected chi connectivity index (χ3v) is 3.64. The van der Waals surface area contributed by atoms with E-state index in [4.69, 9.17) is 0 Å². The van der Waals surface area contributed by atoms with Crippen LogP contribution in [0.5, 0.6) is 0 Å². The van der Waals surface area contributed by atoms with Gasteiger partial charge in [0.05, 0.1) is 4.92 Å². The molecule has 0 aliphatic rings. The summed E-state index contributed by atoms with van der Waals surface area (Å²) in [6.45, 7) is 0.505. The van der Waals surface area contributed by atoms with Gasteiger partial charge < -0.3 is 10.2 Å². The van der Waals surface area contributed by atoms with Gasteiger partial charge in [-0.25, -0.2) is 0 Å². The Bertz CT molecular complexity index is 653. The average Bonchev–Trinajstić information content (AvgIpc) is 2.97. The lowest BCUT2D eigenvalue weighted by atomic mass is 10.1. The molecule has 0 unspecified atom stereocenters. The van der Waals surface area contributed by atoms with Crippen molar-refractivity contribution in [2.45, 2.75) is 6.54 Å². The minimum absolute atomic E-state index is 0.0991. The lowest BCUT2D eigenvalue weighted by Gasteiger charge is -2.11. The normalized spacial score (nSPS) is 10.2. The van der Waals surface area contributed by atoms with Gasteiger partial charge in [-0.15, -0.1) is 0 Å². The molecule has 1 aromatic heterocycles. The fraction of sp³-hybridized carbons (Fsp3) is 0.214. The van der Waals surface area contributed by atoms with Crippen LogP contribution in [-0.4, -0.2) is 29.8 Å². The first-order valence-electron chi connectivity index (χ1n) is 6.24. The van der Waals surface area contributed by atoms with Crippen molar-refractivity contribution in [1.29, 1.82) is 0 Å². The molecule has 0 saturated carbocycles. The Kier molecular flexibility index (Phi) is 4.54. The number of thiophene rings is 1. The van der Waals surface area contributed by atoms with Gasteiger partial charge in [0.25, 0.3) is 11.6 Å². The molecule has 7 heteroatoms. The Morgan fingerprint density at radius 2 is 2.14 bits per heavy atom. The van der Waals surface area contributed by atoms with Crippen LogP contribution in [0.15, 0.2) is 35.0 Å². The minimum Gasteiger partial charge on any atom is -0.375 e. The summed E-state index contributed by atoms with van der Waals surface area (Å²) in [5.41, 5.74) is 1.66. The lowest BCUT2D eigenvalue weighted by Crippen LogP contribution is -2.21. The Morgan fingerprint density at radius 1 is 1.38 bits per heavy atom. The highest BCUT2D eigenvalue weighted by Crippen LogP contribution is 2.26. The average molecular weight is 305 g/mol. The Hall–Kier alpha value is -2.41. The molecule has 0 fully saturated rings. The molecule has 0 spiro atoms. The molecule has 2 rings (SSSR count). The summed E-state index contributed by atoms with van der Waals surface area (Å²) in [4.78, 5) is 23.9. The molecule has 0 aliphatic heterocycles. The summed E-state index contributed by atoms with van der Waals surface area (Å²) in [6.07, 6.45) is 0. The van der Waals surface area contributed by atoms with Gasteiger partial charge in [0.1, 0.15) is 5.69 Å². The van der Waals surface area contributed by atoms with Crippen molar-refractivity contribution in [3.63, 3.8) is 0 Å². The first-order valence-corrected chi connectivity index (χ1v) is 7.18. The highest BCUT2D eigenvalue weighted by molar-refractivity contribution is 7.07. The molecule has 6 nitrogen and oxygen atoms in total. The minimum atomic E-state index is -0.484. The fourth-order valence-corrected chi connectivity index (χ4v) is 2.48. The first kappa shape index (κ1) is 15.0. The molecule has 0 atom stereocenters. The van der Waals surface area contributed by atoms with Crippen LogP contribution in [0, 0.1) is 10.1 Å². The number of nitrogens with one attached hydrogen (secondary N) is 1. The molecule has 1 N–H and O–H groups in total. The third kappa shape index (κ3) is 3.57. The molecule has 0 aliphatic carbocycles. The summed E-state index contributed by atoms with van der Waals surface area (Å²) >= 11 is 1.57. The highest BCUT2D eigenvalue weighted by atomic mass is 32.1. The number of hydrogen-bond acceptors (Lipinski definition) is 5. The SMILES string of the molecule is CN(C)C(=O)c1ccc(NCc2ccsc2)c([N+](=O)[O-])c1. The van der Waals surface area contributed by atoms with Gasteiger partial charge in [-0.05, 0) is 34.5 Å². The number of nitrogens with zero attached hydrogens (tertiary/aromatic N) is 2. The van der Waals surface area contributed by atoms with Crippen LogP contribution in [0.1, 0.15) is 15.9 Å². The smallest absolute Gasteiger partial charge is 0.293 e. The summed E-state index contributed by atoms with van der Waals surface area (Å²) < 4.78 is 0. The zero-order valence-electron chi connectivity index (χ0n) is 11.7. The third-order valence-electron chi connectivity index (χ3n) is 2.91. The molecular formula is C14H15N3O3S. The van der Waals surface area contributed by atoms with E-state index in [0.29, 0.717) is 17.8 Å². The van der Waals surface area contributed by atoms with Crippen LogP contribution in [0.4, 0.5) is 11.4 Å². The molecule has 110 valence electrons. The highest BCUT2D eigenvalue weighted by Gasteiger charge is 2.18. The fourth-order valence-electron chi connectivity index (χ4n) is 1.81. The Morgan fingerprint density at radius 3 is 2.71 bits per heavy atom. The van der Waals surface area contributed by atoms with Crippen molar-refractivity contribution in [2.75, 3.05) is 19.4 Å². The molecule has 0 radical (unpaired) electrons. The van der Waals surface area contributed by atoms with Crippen LogP contribution in [-0.2, 0) is 6.54 Å². The zero-order valence-corrected chi connectivity index (χ0v) is 12.5. The van der Waals surface area contributed by atoms with E-state index in [-0.39, 0.29) is 11.6 Å². The van der Waals surface area contributed by atoms with Gasteiger partial charge in [-0.1, -0.05) is 0 Å². The Labute approximate surface area is 126 Å². The maximum atomic E-state index is 11.9. The van der Waals surface area contributed by atoms with Crippen molar-refractivity contribution < 1.29 is 9.72 Å². The molecule has 21 heavy (non-hydrogen) atoms. The molecule has 1 amide bonds. The van der Waals surface area contributed by atoms with E-state index in [1.807, 2.05) is 16.8 Å². The van der Waals surface area contributed by atoms with Gasteiger partial charge in [-0.2, -0.15) is 11.3 Å². The number of carbonyl (C=O) groups excluding carboxylic acids is 1. The lowest BCUT2D eigenvalue weighted by molar-refractivity contribution is -0.384. The van der Waals surface area contributed by atoms with E-state index < -0.39 is 4.92 Å². The van der Waals surface area contributed by atoms with Crippen LogP contribution in [0.25, 0.3) is 0 Å². The maximum absolute atomic E-state index is 11.9. The van der Waals surface area contributed by atoms with Crippen LogP contribution in [0.3, 0.4) is 0 Å². The number of benzene rings is 1. The van der Waals surface area contributed by atoms with Crippen LogP contribution in [0.2, 0.25) is 0 Å². The van der Waals surface area contributed by atoms with Crippen LogP contribution >= 0.6 is 11.3 Å². The van der Waals surface area contributed by atoms with E-state index in [2.05, 4.69) is 5.32 Å². The summed E-state index contributed by atoms with van der Waals surface area (Å²) in [7, 11) is 3.22. The van der Waals surface area contributed by atoms with E-state index in [1.165, 1.54) is 11.0 Å². The van der Waals surface area contributed by atoms with Crippen LogP contribution < -0.4 is 5.32 Å². The topological polar surface area (TPSA) is 75.5 Å². The van der Waals surface area contributed by atoms with Crippen molar-refractivity contribution in [3.05, 3.63) is 56.3 Å². The number of carbonyl (C=O) groups is 1. The summed E-state index contributed by atoms with van der Waals surface area (Å²) in [5.74, 6) is -0.262. The molecule has 0 saturated heterocycles. The standard InChI is InChI=1S/C14H15N3O3S/c1-16(2)14(18)11-3-4-12(13(7-11)17(19)20)15-8-10-5-6-21-9-10/h3-7,9,15H,8H2,1-2H3. The number of rotatable bonds is 5. The number of hydrogen-bond donors (Lipinski definition) is 1. The quantitative estimate of drug-likeness (QED) is 0.680. The summed E-state index contributed by atoms with van der Waals surface area (Å²) in [6, 6.07) is 6.41. The van der Waals surface area contributed by atoms with E-state index in [0.717, 1.165) is 5.56 Å². The molecule has 1 aromatic carbocycles.